The summed E-state index contributed by atoms with van der Waals surface area (Å²) in [7, 11) is 0. The molecule has 0 spiro atoms. The van der Waals surface area contributed by atoms with Crippen molar-refractivity contribution in [3.8, 4) is 5.75 Å². The van der Waals surface area contributed by atoms with E-state index in [1.807, 2.05) is 6.92 Å². The van der Waals surface area contributed by atoms with Crippen molar-refractivity contribution in [3.05, 3.63) is 65.5 Å². The van der Waals surface area contributed by atoms with Gasteiger partial charge in [0.15, 0.2) is 0 Å². The lowest BCUT2D eigenvalue weighted by atomic mass is 10.2. The van der Waals surface area contributed by atoms with Crippen molar-refractivity contribution < 1.29 is 18.7 Å². The average molecular weight is 390 g/mol. The third-order valence-corrected chi connectivity index (χ3v) is 4.63. The predicted molar refractivity (Wildman–Crippen MR) is 106 cm³/mol. The number of rotatable bonds is 10. The Kier molecular flexibility index (Phi) is 8.64. The molecule has 0 unspecified atom stereocenters. The van der Waals surface area contributed by atoms with E-state index in [1.54, 1.807) is 42.5 Å². The molecule has 2 N–H and O–H groups in total. The number of benzene rings is 2. The van der Waals surface area contributed by atoms with E-state index in [2.05, 4.69) is 10.6 Å². The Bertz CT molecular complexity index is 753. The summed E-state index contributed by atoms with van der Waals surface area (Å²) >= 11 is 1.54. The van der Waals surface area contributed by atoms with Crippen molar-refractivity contribution in [2.24, 2.45) is 0 Å². The fraction of sp³-hybridized carbons (Fsp3) is 0.300. The summed E-state index contributed by atoms with van der Waals surface area (Å²) in [5, 5.41) is 5.30. The van der Waals surface area contributed by atoms with E-state index in [9.17, 15) is 14.0 Å². The average Bonchev–Trinajstić information content (AvgIpc) is 2.68. The minimum Gasteiger partial charge on any atom is -0.494 e. The van der Waals surface area contributed by atoms with E-state index in [0.29, 0.717) is 41.5 Å². The van der Waals surface area contributed by atoms with Crippen LogP contribution in [0.4, 0.5) is 4.39 Å². The number of nitrogens with one attached hydrogen (secondary N) is 2. The molecule has 0 aliphatic heterocycles. The van der Waals surface area contributed by atoms with Gasteiger partial charge in [0, 0.05) is 23.6 Å². The molecule has 5 nitrogen and oxygen atoms in total. The van der Waals surface area contributed by atoms with Gasteiger partial charge in [0.25, 0.3) is 5.91 Å². The number of thioether (sulfide) groups is 1. The maximum Gasteiger partial charge on any atom is 0.251 e. The Morgan fingerprint density at radius 3 is 2.52 bits per heavy atom. The number of halogens is 1. The highest BCUT2D eigenvalue weighted by Crippen LogP contribution is 2.14. The summed E-state index contributed by atoms with van der Waals surface area (Å²) in [5.41, 5.74) is 1.11. The SMILES string of the molecule is CCOc1ccc(C(=O)NCC(=O)NCCSCc2ccccc2F)cc1. The van der Waals surface area contributed by atoms with E-state index in [-0.39, 0.29) is 24.2 Å². The first-order valence-corrected chi connectivity index (χ1v) is 9.84. The molecular weight excluding hydrogens is 367 g/mol. The molecule has 2 aromatic rings. The van der Waals surface area contributed by atoms with Crippen molar-refractivity contribution in [3.63, 3.8) is 0 Å². The summed E-state index contributed by atoms with van der Waals surface area (Å²) in [4.78, 5) is 23.8. The number of ether oxygens (including phenoxy) is 1. The number of carbonyl (C=O) groups excluding carboxylic acids is 2. The first-order valence-electron chi connectivity index (χ1n) is 8.69. The summed E-state index contributed by atoms with van der Waals surface area (Å²) in [6, 6.07) is 13.4. The third-order valence-electron chi connectivity index (χ3n) is 3.62. The second-order valence-electron chi connectivity index (χ2n) is 5.63. The van der Waals surface area contributed by atoms with Gasteiger partial charge in [0.05, 0.1) is 13.2 Å². The lowest BCUT2D eigenvalue weighted by Crippen LogP contribution is -2.37. The molecule has 0 saturated carbocycles. The second-order valence-corrected chi connectivity index (χ2v) is 6.74. The minimum atomic E-state index is -0.317. The smallest absolute Gasteiger partial charge is 0.251 e. The van der Waals surface area contributed by atoms with Crippen LogP contribution in [-0.4, -0.2) is 37.3 Å². The first-order chi connectivity index (χ1) is 13.1. The van der Waals surface area contributed by atoms with Crippen LogP contribution in [0.15, 0.2) is 48.5 Å². The molecule has 0 atom stereocenters. The van der Waals surface area contributed by atoms with Gasteiger partial charge in [-0.15, -0.1) is 0 Å². The van der Waals surface area contributed by atoms with Crippen LogP contribution in [0.25, 0.3) is 0 Å². The van der Waals surface area contributed by atoms with Gasteiger partial charge >= 0.3 is 0 Å². The Balaban J connectivity index is 1.61. The van der Waals surface area contributed by atoms with E-state index in [4.69, 9.17) is 4.74 Å². The van der Waals surface area contributed by atoms with Gasteiger partial charge in [-0.1, -0.05) is 18.2 Å². The van der Waals surface area contributed by atoms with Crippen LogP contribution < -0.4 is 15.4 Å². The molecule has 0 saturated heterocycles. The Labute approximate surface area is 162 Å². The fourth-order valence-electron chi connectivity index (χ4n) is 2.25. The maximum absolute atomic E-state index is 13.5. The molecule has 144 valence electrons. The highest BCUT2D eigenvalue weighted by molar-refractivity contribution is 7.98. The lowest BCUT2D eigenvalue weighted by molar-refractivity contribution is -0.120. The zero-order valence-corrected chi connectivity index (χ0v) is 16.0. The lowest BCUT2D eigenvalue weighted by Gasteiger charge is -2.08. The molecule has 0 fully saturated rings. The van der Waals surface area contributed by atoms with Crippen LogP contribution in [0.5, 0.6) is 5.75 Å². The summed E-state index contributed by atoms with van der Waals surface area (Å²) in [6.07, 6.45) is 0. The number of hydrogen-bond donors (Lipinski definition) is 2. The van der Waals surface area contributed by atoms with Crippen LogP contribution in [0.3, 0.4) is 0 Å². The molecule has 0 bridgehead atoms. The molecule has 2 amide bonds. The van der Waals surface area contributed by atoms with Gasteiger partial charge in [-0.3, -0.25) is 9.59 Å². The van der Waals surface area contributed by atoms with Crippen molar-refractivity contribution >= 4 is 23.6 Å². The van der Waals surface area contributed by atoms with Crippen LogP contribution in [0.2, 0.25) is 0 Å². The molecule has 2 aromatic carbocycles. The molecule has 27 heavy (non-hydrogen) atoms. The zero-order chi connectivity index (χ0) is 19.5. The monoisotopic (exact) mass is 390 g/mol. The van der Waals surface area contributed by atoms with Crippen LogP contribution in [0, 0.1) is 5.82 Å². The maximum atomic E-state index is 13.5. The largest absolute Gasteiger partial charge is 0.494 e. The van der Waals surface area contributed by atoms with E-state index >= 15 is 0 Å². The highest BCUT2D eigenvalue weighted by Gasteiger charge is 2.08. The van der Waals surface area contributed by atoms with Crippen LogP contribution in [0.1, 0.15) is 22.8 Å². The van der Waals surface area contributed by atoms with Crippen LogP contribution >= 0.6 is 11.8 Å². The topological polar surface area (TPSA) is 67.4 Å². The molecule has 0 aliphatic carbocycles. The Morgan fingerprint density at radius 1 is 1.07 bits per heavy atom. The normalized spacial score (nSPS) is 10.3. The highest BCUT2D eigenvalue weighted by atomic mass is 32.2. The number of hydrogen-bond acceptors (Lipinski definition) is 4. The quantitative estimate of drug-likeness (QED) is 0.612. The predicted octanol–water partition coefficient (Wildman–Crippen LogP) is 3.00. The zero-order valence-electron chi connectivity index (χ0n) is 15.2. The van der Waals surface area contributed by atoms with Gasteiger partial charge < -0.3 is 15.4 Å². The number of amides is 2. The molecule has 0 aromatic heterocycles. The Morgan fingerprint density at radius 2 is 1.81 bits per heavy atom. The van der Waals surface area contributed by atoms with E-state index in [0.717, 1.165) is 0 Å². The summed E-state index contributed by atoms with van der Waals surface area (Å²) in [5.74, 6) is 1.11. The standard InChI is InChI=1S/C20H23FN2O3S/c1-2-26-17-9-7-15(8-10-17)20(25)23-13-19(24)22-11-12-27-14-16-5-3-4-6-18(16)21/h3-10H,2,11-14H2,1H3,(H,22,24)(H,23,25). The molecular formula is C20H23FN2O3S. The molecule has 7 heteroatoms. The molecule has 0 heterocycles. The Hall–Kier alpha value is -2.54. The molecule has 2 rings (SSSR count). The van der Waals surface area contributed by atoms with E-state index in [1.165, 1.54) is 17.8 Å². The fourth-order valence-corrected chi connectivity index (χ4v) is 3.10. The van der Waals surface area contributed by atoms with Gasteiger partial charge in [0.1, 0.15) is 11.6 Å². The second kappa shape index (κ2) is 11.2. The van der Waals surface area contributed by atoms with Crippen LogP contribution in [-0.2, 0) is 10.5 Å². The molecule has 0 aliphatic rings. The number of carbonyl (C=O) groups is 2. The minimum absolute atomic E-state index is 0.0932. The van der Waals surface area contributed by atoms with Gasteiger partial charge in [-0.2, -0.15) is 11.8 Å². The van der Waals surface area contributed by atoms with Gasteiger partial charge in [-0.05, 0) is 42.8 Å². The van der Waals surface area contributed by atoms with Crippen molar-refractivity contribution in [1.82, 2.24) is 10.6 Å². The van der Waals surface area contributed by atoms with E-state index < -0.39 is 0 Å². The third kappa shape index (κ3) is 7.30. The first kappa shape index (κ1) is 20.8. The van der Waals surface area contributed by atoms with Gasteiger partial charge in [0.2, 0.25) is 5.91 Å². The summed E-state index contributed by atoms with van der Waals surface area (Å²) < 4.78 is 18.8. The van der Waals surface area contributed by atoms with Crippen molar-refractivity contribution in [2.75, 3.05) is 25.4 Å². The summed E-state index contributed by atoms with van der Waals surface area (Å²) in [6.45, 7) is 2.81. The van der Waals surface area contributed by atoms with Gasteiger partial charge in [-0.25, -0.2) is 4.39 Å². The van der Waals surface area contributed by atoms with Crippen molar-refractivity contribution in [2.45, 2.75) is 12.7 Å². The van der Waals surface area contributed by atoms with Crippen molar-refractivity contribution in [1.29, 1.82) is 0 Å². The molecule has 0 radical (unpaired) electrons.